The van der Waals surface area contributed by atoms with Crippen LogP contribution in [-0.2, 0) is 11.2 Å². The molecule has 166 valence electrons. The maximum absolute atomic E-state index is 12.4. The van der Waals surface area contributed by atoms with Gasteiger partial charge in [0.05, 0.1) is 26.6 Å². The predicted octanol–water partition coefficient (Wildman–Crippen LogP) is 4.07. The van der Waals surface area contributed by atoms with Crippen molar-refractivity contribution in [1.82, 2.24) is 0 Å². The fraction of sp³-hybridized carbons (Fsp3) is 0.154. The van der Waals surface area contributed by atoms with Gasteiger partial charge in [-0.1, -0.05) is 42.5 Å². The summed E-state index contributed by atoms with van der Waals surface area (Å²) in [5, 5.41) is 9.79. The van der Waals surface area contributed by atoms with Gasteiger partial charge in [0.25, 0.3) is 0 Å². The number of nitrogens with two attached hydrogens (primary N) is 1. The Balaban J connectivity index is 1.68. The molecule has 1 heterocycles. The minimum atomic E-state index is -0.520. The minimum Gasteiger partial charge on any atom is -0.497 e. The fourth-order valence-electron chi connectivity index (χ4n) is 3.81. The third-order valence-corrected chi connectivity index (χ3v) is 5.37. The van der Waals surface area contributed by atoms with Gasteiger partial charge in [0, 0.05) is 23.3 Å². The van der Waals surface area contributed by atoms with Crippen LogP contribution in [-0.4, -0.2) is 20.2 Å². The Labute approximate surface area is 191 Å². The number of rotatable bonds is 6. The third kappa shape index (κ3) is 4.46. The van der Waals surface area contributed by atoms with E-state index in [4.69, 9.17) is 24.7 Å². The third-order valence-electron chi connectivity index (χ3n) is 5.37. The van der Waals surface area contributed by atoms with E-state index in [1.807, 2.05) is 36.4 Å². The lowest BCUT2D eigenvalue weighted by molar-refractivity contribution is -0.133. The number of esters is 1. The Kier molecular flexibility index (Phi) is 6.18. The Morgan fingerprint density at radius 3 is 2.42 bits per heavy atom. The molecule has 3 aromatic carbocycles. The van der Waals surface area contributed by atoms with Gasteiger partial charge in [0.15, 0.2) is 0 Å². The Morgan fingerprint density at radius 1 is 1.00 bits per heavy atom. The number of fused-ring (bicyclic) bond motifs is 1. The van der Waals surface area contributed by atoms with Crippen LogP contribution in [0.3, 0.4) is 0 Å². The standard InChI is InChI=1S/C26H22N2O5/c1-30-17-8-10-19(22(13-17)31-2)25-20-11-9-18(14-23(20)33-26(28)21(25)15-27)32-24(29)12-16-6-4-3-5-7-16/h3-11,13-14,25H,12,28H2,1-2H3. The number of benzene rings is 3. The molecule has 0 spiro atoms. The zero-order valence-electron chi connectivity index (χ0n) is 18.2. The van der Waals surface area contributed by atoms with Gasteiger partial charge in [-0.25, -0.2) is 0 Å². The predicted molar refractivity (Wildman–Crippen MR) is 121 cm³/mol. The summed E-state index contributed by atoms with van der Waals surface area (Å²) in [6.07, 6.45) is 0.144. The lowest BCUT2D eigenvalue weighted by Crippen LogP contribution is -2.21. The van der Waals surface area contributed by atoms with Crippen LogP contribution < -0.4 is 24.7 Å². The van der Waals surface area contributed by atoms with Crippen LogP contribution in [0.1, 0.15) is 22.6 Å². The van der Waals surface area contributed by atoms with Crippen LogP contribution >= 0.6 is 0 Å². The van der Waals surface area contributed by atoms with Crippen LogP contribution in [0.2, 0.25) is 0 Å². The van der Waals surface area contributed by atoms with Gasteiger partial charge in [-0.15, -0.1) is 0 Å². The number of ether oxygens (including phenoxy) is 4. The van der Waals surface area contributed by atoms with Gasteiger partial charge in [-0.05, 0) is 17.7 Å². The Morgan fingerprint density at radius 2 is 1.73 bits per heavy atom. The molecule has 0 bridgehead atoms. The van der Waals surface area contributed by atoms with Crippen LogP contribution in [0.5, 0.6) is 23.0 Å². The van der Waals surface area contributed by atoms with Crippen molar-refractivity contribution >= 4 is 5.97 Å². The monoisotopic (exact) mass is 442 g/mol. The van der Waals surface area contributed by atoms with Crippen LogP contribution in [0.4, 0.5) is 0 Å². The summed E-state index contributed by atoms with van der Waals surface area (Å²) >= 11 is 0. The molecular formula is C26H22N2O5. The topological polar surface area (TPSA) is 104 Å². The molecule has 1 aliphatic rings. The second-order valence-electron chi connectivity index (χ2n) is 7.37. The average molecular weight is 442 g/mol. The highest BCUT2D eigenvalue weighted by Crippen LogP contribution is 2.46. The molecule has 7 heteroatoms. The number of hydrogen-bond acceptors (Lipinski definition) is 7. The molecule has 1 aliphatic heterocycles. The molecule has 0 fully saturated rings. The second kappa shape index (κ2) is 9.37. The molecule has 7 nitrogen and oxygen atoms in total. The number of carbonyl (C=O) groups excluding carboxylic acids is 1. The zero-order chi connectivity index (χ0) is 23.4. The molecule has 1 atom stereocenters. The summed E-state index contributed by atoms with van der Waals surface area (Å²) in [5.41, 5.74) is 8.65. The molecule has 0 amide bonds. The number of methoxy groups -OCH3 is 2. The molecule has 4 rings (SSSR count). The summed E-state index contributed by atoms with van der Waals surface area (Å²) in [4.78, 5) is 12.4. The van der Waals surface area contributed by atoms with Crippen molar-refractivity contribution < 1.29 is 23.7 Å². The first-order valence-electron chi connectivity index (χ1n) is 10.2. The van der Waals surface area contributed by atoms with E-state index in [0.29, 0.717) is 28.6 Å². The van der Waals surface area contributed by atoms with E-state index < -0.39 is 11.9 Å². The first-order chi connectivity index (χ1) is 16.0. The second-order valence-corrected chi connectivity index (χ2v) is 7.37. The maximum Gasteiger partial charge on any atom is 0.315 e. The van der Waals surface area contributed by atoms with Crippen molar-refractivity contribution in [3.05, 3.63) is 94.9 Å². The highest BCUT2D eigenvalue weighted by Gasteiger charge is 2.33. The molecule has 0 radical (unpaired) electrons. The highest BCUT2D eigenvalue weighted by molar-refractivity contribution is 5.75. The zero-order valence-corrected chi connectivity index (χ0v) is 18.2. The molecular weight excluding hydrogens is 420 g/mol. The van der Waals surface area contributed by atoms with Crippen molar-refractivity contribution in [2.45, 2.75) is 12.3 Å². The summed E-state index contributed by atoms with van der Waals surface area (Å²) in [6, 6.07) is 21.9. The minimum absolute atomic E-state index is 0.0133. The fourth-order valence-corrected chi connectivity index (χ4v) is 3.81. The molecule has 0 saturated carbocycles. The Bertz CT molecular complexity index is 1260. The van der Waals surface area contributed by atoms with Crippen LogP contribution in [0.15, 0.2) is 78.2 Å². The normalized spacial score (nSPS) is 14.5. The van der Waals surface area contributed by atoms with Crippen molar-refractivity contribution in [3.8, 4) is 29.1 Å². The maximum atomic E-state index is 12.4. The van der Waals surface area contributed by atoms with Gasteiger partial charge < -0.3 is 24.7 Å². The smallest absolute Gasteiger partial charge is 0.315 e. The SMILES string of the molecule is COc1ccc(C2C(C#N)=C(N)Oc3cc(OC(=O)Cc4ccccc4)ccc32)c(OC)c1. The first-order valence-corrected chi connectivity index (χ1v) is 10.2. The van der Waals surface area contributed by atoms with Crippen molar-refractivity contribution in [2.24, 2.45) is 5.73 Å². The lowest BCUT2D eigenvalue weighted by Gasteiger charge is -2.27. The van der Waals surface area contributed by atoms with Gasteiger partial charge in [0.1, 0.15) is 34.6 Å². The molecule has 33 heavy (non-hydrogen) atoms. The van der Waals surface area contributed by atoms with Gasteiger partial charge in [0.2, 0.25) is 5.88 Å². The van der Waals surface area contributed by atoms with Gasteiger partial charge >= 0.3 is 5.97 Å². The first kappa shape index (κ1) is 21.8. The molecule has 3 aromatic rings. The molecule has 0 saturated heterocycles. The summed E-state index contributed by atoms with van der Waals surface area (Å²) in [5.74, 6) is 0.966. The highest BCUT2D eigenvalue weighted by atomic mass is 16.5. The molecule has 0 aromatic heterocycles. The molecule has 2 N–H and O–H groups in total. The van der Waals surface area contributed by atoms with E-state index in [1.165, 1.54) is 0 Å². The number of allylic oxidation sites excluding steroid dienone is 1. The van der Waals surface area contributed by atoms with E-state index in [1.54, 1.807) is 44.6 Å². The quantitative estimate of drug-likeness (QED) is 0.453. The number of hydrogen-bond donors (Lipinski definition) is 1. The molecule has 1 unspecified atom stereocenters. The Hall–Kier alpha value is -4.44. The van der Waals surface area contributed by atoms with Crippen molar-refractivity contribution in [3.63, 3.8) is 0 Å². The number of nitrogens with zero attached hydrogens (tertiary/aromatic N) is 1. The van der Waals surface area contributed by atoms with Gasteiger partial charge in [-0.3, -0.25) is 4.79 Å². The van der Waals surface area contributed by atoms with E-state index >= 15 is 0 Å². The van der Waals surface area contributed by atoms with E-state index in [0.717, 1.165) is 11.1 Å². The summed E-state index contributed by atoms with van der Waals surface area (Å²) in [7, 11) is 3.12. The number of carbonyl (C=O) groups is 1. The lowest BCUT2D eigenvalue weighted by atomic mass is 9.83. The largest absolute Gasteiger partial charge is 0.497 e. The van der Waals surface area contributed by atoms with Crippen molar-refractivity contribution in [2.75, 3.05) is 14.2 Å². The average Bonchev–Trinajstić information content (AvgIpc) is 2.83. The van der Waals surface area contributed by atoms with E-state index in [9.17, 15) is 10.1 Å². The number of nitriles is 1. The van der Waals surface area contributed by atoms with E-state index in [-0.39, 0.29) is 17.9 Å². The summed E-state index contributed by atoms with van der Waals surface area (Å²) < 4.78 is 22.1. The molecule has 0 aliphatic carbocycles. The van der Waals surface area contributed by atoms with Crippen LogP contribution in [0.25, 0.3) is 0 Å². The summed E-state index contributed by atoms with van der Waals surface area (Å²) in [6.45, 7) is 0. The van der Waals surface area contributed by atoms with Crippen molar-refractivity contribution in [1.29, 1.82) is 5.26 Å². The van der Waals surface area contributed by atoms with Crippen LogP contribution in [0, 0.1) is 11.3 Å². The van der Waals surface area contributed by atoms with E-state index in [2.05, 4.69) is 6.07 Å². The van der Waals surface area contributed by atoms with Gasteiger partial charge in [-0.2, -0.15) is 5.26 Å².